The first-order valence-corrected chi connectivity index (χ1v) is 6.26. The molecule has 94 valence electrons. The molecule has 3 heteroatoms. The minimum absolute atomic E-state index is 0.0444. The Bertz CT molecular complexity index is 540. The van der Waals surface area contributed by atoms with Gasteiger partial charge in [-0.2, -0.15) is 0 Å². The van der Waals surface area contributed by atoms with Crippen LogP contribution >= 0.6 is 11.6 Å². The largest absolute Gasteiger partial charge is 0.392 e. The van der Waals surface area contributed by atoms with E-state index < -0.39 is 0 Å². The average Bonchev–Trinajstić information content (AvgIpc) is 2.38. The Kier molecular flexibility index (Phi) is 4.24. The smallest absolute Gasteiger partial charge is 0.0701 e. The topological polar surface area (TPSA) is 32.3 Å². The Balaban J connectivity index is 2.11. The molecule has 2 nitrogen and oxygen atoms in total. The summed E-state index contributed by atoms with van der Waals surface area (Å²) in [5.41, 5.74) is 4.24. The molecule has 18 heavy (non-hydrogen) atoms. The van der Waals surface area contributed by atoms with E-state index in [1.54, 1.807) is 0 Å². The van der Waals surface area contributed by atoms with Gasteiger partial charge in [0.25, 0.3) is 0 Å². The minimum atomic E-state index is 0.0444. The van der Waals surface area contributed by atoms with Crippen LogP contribution in [0.15, 0.2) is 42.5 Å². The fourth-order valence-corrected chi connectivity index (χ4v) is 2.11. The highest BCUT2D eigenvalue weighted by molar-refractivity contribution is 6.30. The molecule has 0 aliphatic carbocycles. The summed E-state index contributed by atoms with van der Waals surface area (Å²) in [6, 6.07) is 13.6. The summed E-state index contributed by atoms with van der Waals surface area (Å²) in [6.07, 6.45) is 0. The van der Waals surface area contributed by atoms with Gasteiger partial charge in [-0.1, -0.05) is 35.9 Å². The molecule has 2 aromatic rings. The van der Waals surface area contributed by atoms with Crippen molar-refractivity contribution >= 4 is 17.3 Å². The first kappa shape index (κ1) is 12.9. The summed E-state index contributed by atoms with van der Waals surface area (Å²) in [4.78, 5) is 0. The second kappa shape index (κ2) is 5.89. The van der Waals surface area contributed by atoms with Gasteiger partial charge in [-0.25, -0.2) is 0 Å². The standard InChI is InChI=1S/C15H16ClNO/c1-11-8-14(16)7-6-12(11)9-17-15-5-3-2-4-13(15)10-18/h2-8,17-18H,9-10H2,1H3. The number of aryl methyl sites for hydroxylation is 1. The molecule has 0 atom stereocenters. The van der Waals surface area contributed by atoms with Gasteiger partial charge in [0, 0.05) is 22.8 Å². The summed E-state index contributed by atoms with van der Waals surface area (Å²) in [6.45, 7) is 2.81. The summed E-state index contributed by atoms with van der Waals surface area (Å²) in [5.74, 6) is 0. The highest BCUT2D eigenvalue weighted by Crippen LogP contribution is 2.19. The quantitative estimate of drug-likeness (QED) is 0.879. The number of halogens is 1. The number of hydrogen-bond donors (Lipinski definition) is 2. The van der Waals surface area contributed by atoms with Crippen molar-refractivity contribution in [3.63, 3.8) is 0 Å². The molecule has 0 bridgehead atoms. The van der Waals surface area contributed by atoms with Crippen molar-refractivity contribution in [2.75, 3.05) is 5.32 Å². The van der Waals surface area contributed by atoms with Crippen molar-refractivity contribution in [1.82, 2.24) is 0 Å². The van der Waals surface area contributed by atoms with Crippen molar-refractivity contribution in [2.45, 2.75) is 20.1 Å². The second-order valence-corrected chi connectivity index (χ2v) is 4.68. The van der Waals surface area contributed by atoms with Crippen LogP contribution in [0, 0.1) is 6.92 Å². The normalized spacial score (nSPS) is 10.4. The maximum atomic E-state index is 9.25. The summed E-state index contributed by atoms with van der Waals surface area (Å²) in [5, 5.41) is 13.3. The van der Waals surface area contributed by atoms with Crippen LogP contribution < -0.4 is 5.32 Å². The fraction of sp³-hybridized carbons (Fsp3) is 0.200. The van der Waals surface area contributed by atoms with Crippen LogP contribution in [-0.4, -0.2) is 5.11 Å². The van der Waals surface area contributed by atoms with Crippen LogP contribution in [0.25, 0.3) is 0 Å². The minimum Gasteiger partial charge on any atom is -0.392 e. The number of anilines is 1. The molecule has 2 rings (SSSR count). The summed E-state index contributed by atoms with van der Waals surface area (Å²) in [7, 11) is 0. The van der Waals surface area contributed by atoms with Crippen LogP contribution in [0.4, 0.5) is 5.69 Å². The van der Waals surface area contributed by atoms with Crippen molar-refractivity contribution in [3.8, 4) is 0 Å². The Morgan fingerprint density at radius 3 is 2.61 bits per heavy atom. The number of nitrogens with one attached hydrogen (secondary N) is 1. The summed E-state index contributed by atoms with van der Waals surface area (Å²) < 4.78 is 0. The monoisotopic (exact) mass is 261 g/mol. The van der Waals surface area contributed by atoms with Crippen molar-refractivity contribution in [1.29, 1.82) is 0 Å². The molecule has 2 N–H and O–H groups in total. The maximum Gasteiger partial charge on any atom is 0.0701 e. The number of para-hydroxylation sites is 1. The van der Waals surface area contributed by atoms with Gasteiger partial charge < -0.3 is 10.4 Å². The predicted octanol–water partition coefficient (Wildman–Crippen LogP) is 3.75. The van der Waals surface area contributed by atoms with E-state index in [-0.39, 0.29) is 6.61 Å². The third-order valence-electron chi connectivity index (χ3n) is 2.96. The highest BCUT2D eigenvalue weighted by atomic mass is 35.5. The molecular formula is C15H16ClNO. The molecule has 0 aliphatic rings. The number of aliphatic hydroxyl groups is 1. The molecule has 0 unspecified atom stereocenters. The number of aliphatic hydroxyl groups excluding tert-OH is 1. The lowest BCUT2D eigenvalue weighted by atomic mass is 10.1. The van der Waals surface area contributed by atoms with Crippen LogP contribution in [0.2, 0.25) is 5.02 Å². The van der Waals surface area contributed by atoms with Crippen molar-refractivity contribution in [2.24, 2.45) is 0 Å². The molecule has 0 radical (unpaired) electrons. The van der Waals surface area contributed by atoms with Crippen LogP contribution in [0.1, 0.15) is 16.7 Å². The lowest BCUT2D eigenvalue weighted by Gasteiger charge is -2.12. The average molecular weight is 262 g/mol. The van der Waals surface area contributed by atoms with Crippen LogP contribution in [0.5, 0.6) is 0 Å². The van der Waals surface area contributed by atoms with Gasteiger partial charge in [0.2, 0.25) is 0 Å². The van der Waals surface area contributed by atoms with E-state index in [1.807, 2.05) is 49.4 Å². The molecule has 0 saturated carbocycles. The lowest BCUT2D eigenvalue weighted by molar-refractivity contribution is 0.282. The number of rotatable bonds is 4. The van der Waals surface area contributed by atoms with E-state index in [9.17, 15) is 5.11 Å². The van der Waals surface area contributed by atoms with Crippen molar-refractivity contribution in [3.05, 3.63) is 64.2 Å². The Hall–Kier alpha value is -1.51. The third-order valence-corrected chi connectivity index (χ3v) is 3.20. The third kappa shape index (κ3) is 3.03. The van der Waals surface area contributed by atoms with Gasteiger partial charge in [-0.3, -0.25) is 0 Å². The lowest BCUT2D eigenvalue weighted by Crippen LogP contribution is -2.03. The van der Waals surface area contributed by atoms with Gasteiger partial charge in [0.1, 0.15) is 0 Å². The van der Waals surface area contributed by atoms with E-state index in [1.165, 1.54) is 5.56 Å². The molecule has 0 aromatic heterocycles. The second-order valence-electron chi connectivity index (χ2n) is 4.24. The SMILES string of the molecule is Cc1cc(Cl)ccc1CNc1ccccc1CO. The molecule has 0 saturated heterocycles. The zero-order valence-electron chi connectivity index (χ0n) is 10.3. The molecule has 0 amide bonds. The molecule has 0 fully saturated rings. The first-order chi connectivity index (χ1) is 8.70. The molecular weight excluding hydrogens is 246 g/mol. The van der Waals surface area contributed by atoms with E-state index in [0.29, 0.717) is 0 Å². The van der Waals surface area contributed by atoms with Gasteiger partial charge in [-0.05, 0) is 36.2 Å². The number of hydrogen-bond acceptors (Lipinski definition) is 2. The maximum absolute atomic E-state index is 9.25. The van der Waals surface area contributed by atoms with Crippen LogP contribution in [0.3, 0.4) is 0 Å². The summed E-state index contributed by atoms with van der Waals surface area (Å²) >= 11 is 5.93. The first-order valence-electron chi connectivity index (χ1n) is 5.88. The molecule has 2 aromatic carbocycles. The predicted molar refractivity (Wildman–Crippen MR) is 75.9 cm³/mol. The van der Waals surface area contributed by atoms with E-state index in [4.69, 9.17) is 11.6 Å². The van der Waals surface area contributed by atoms with Gasteiger partial charge in [-0.15, -0.1) is 0 Å². The van der Waals surface area contributed by atoms with Gasteiger partial charge in [0.05, 0.1) is 6.61 Å². The van der Waals surface area contributed by atoms with Gasteiger partial charge >= 0.3 is 0 Å². The molecule has 0 aliphatic heterocycles. The Labute approximate surface area is 112 Å². The number of benzene rings is 2. The Morgan fingerprint density at radius 1 is 1.11 bits per heavy atom. The van der Waals surface area contributed by atoms with Crippen molar-refractivity contribution < 1.29 is 5.11 Å². The molecule has 0 spiro atoms. The van der Waals surface area contributed by atoms with E-state index in [0.717, 1.165) is 28.4 Å². The zero-order valence-corrected chi connectivity index (χ0v) is 11.0. The van der Waals surface area contributed by atoms with Gasteiger partial charge in [0.15, 0.2) is 0 Å². The fourth-order valence-electron chi connectivity index (χ4n) is 1.88. The highest BCUT2D eigenvalue weighted by Gasteiger charge is 2.02. The zero-order chi connectivity index (χ0) is 13.0. The van der Waals surface area contributed by atoms with E-state index in [2.05, 4.69) is 5.32 Å². The van der Waals surface area contributed by atoms with Crippen LogP contribution in [-0.2, 0) is 13.2 Å². The van der Waals surface area contributed by atoms with E-state index >= 15 is 0 Å². The molecule has 0 heterocycles. The Morgan fingerprint density at radius 2 is 1.89 bits per heavy atom.